The zero-order valence-electron chi connectivity index (χ0n) is 16.2. The zero-order valence-corrected chi connectivity index (χ0v) is 17.8. The van der Waals surface area contributed by atoms with Gasteiger partial charge in [0, 0.05) is 22.3 Å². The minimum Gasteiger partial charge on any atom is -0.457 e. The minimum absolute atomic E-state index is 0.125. The van der Waals surface area contributed by atoms with Crippen molar-refractivity contribution >= 4 is 35.0 Å². The molecule has 4 aromatic rings. The van der Waals surface area contributed by atoms with Gasteiger partial charge in [-0.1, -0.05) is 47.6 Å². The summed E-state index contributed by atoms with van der Waals surface area (Å²) in [5.41, 5.74) is 1.42. The Balaban J connectivity index is 1.36. The lowest BCUT2D eigenvalue weighted by Crippen LogP contribution is -2.16. The number of ether oxygens (including phenoxy) is 1. The average Bonchev–Trinajstić information content (AvgIpc) is 3.14. The first-order chi connectivity index (χ1) is 15.1. The molecule has 0 unspecified atom stereocenters. The summed E-state index contributed by atoms with van der Waals surface area (Å²) in [6.07, 6.45) is 0. The topological polar surface area (TPSA) is 95.1 Å². The second kappa shape index (κ2) is 9.55. The number of rotatable bonds is 7. The molecular formula is C22H18ClN5O2S. The van der Waals surface area contributed by atoms with E-state index in [0.717, 1.165) is 11.3 Å². The molecule has 0 bridgehead atoms. The predicted molar refractivity (Wildman–Crippen MR) is 123 cm³/mol. The van der Waals surface area contributed by atoms with E-state index in [2.05, 4.69) is 15.5 Å². The molecule has 0 aliphatic carbocycles. The standard InChI is InChI=1S/C22H18ClN5O2S/c23-16-11-9-15(10-12-16)21-26-27-22(28(21)24)31-14-20(29)25-17-5-4-8-19(13-17)30-18-6-2-1-3-7-18/h1-13H,14,24H2,(H,25,29). The number of para-hydroxylation sites is 1. The molecule has 7 nitrogen and oxygen atoms in total. The summed E-state index contributed by atoms with van der Waals surface area (Å²) in [5.74, 6) is 7.87. The van der Waals surface area contributed by atoms with Crippen molar-refractivity contribution in [1.29, 1.82) is 0 Å². The van der Waals surface area contributed by atoms with E-state index in [0.29, 0.717) is 27.4 Å². The molecule has 3 aromatic carbocycles. The first-order valence-corrected chi connectivity index (χ1v) is 10.7. The fourth-order valence-corrected chi connectivity index (χ4v) is 3.54. The number of nitrogens with one attached hydrogen (secondary N) is 1. The van der Waals surface area contributed by atoms with Crippen LogP contribution in [-0.4, -0.2) is 26.5 Å². The number of nitrogens with zero attached hydrogens (tertiary/aromatic N) is 3. The van der Waals surface area contributed by atoms with E-state index in [9.17, 15) is 4.79 Å². The van der Waals surface area contributed by atoms with Crippen LogP contribution in [0.4, 0.5) is 5.69 Å². The molecule has 3 N–H and O–H groups in total. The highest BCUT2D eigenvalue weighted by atomic mass is 35.5. The van der Waals surface area contributed by atoms with Crippen molar-refractivity contribution in [3.05, 3.63) is 83.9 Å². The van der Waals surface area contributed by atoms with Crippen molar-refractivity contribution in [2.45, 2.75) is 5.16 Å². The number of nitrogen functional groups attached to an aromatic ring is 1. The van der Waals surface area contributed by atoms with Crippen molar-refractivity contribution < 1.29 is 9.53 Å². The summed E-state index contributed by atoms with van der Waals surface area (Å²) >= 11 is 7.11. The SMILES string of the molecule is Nn1c(SCC(=O)Nc2cccc(Oc3ccccc3)c2)nnc1-c1ccc(Cl)cc1. The summed E-state index contributed by atoms with van der Waals surface area (Å²) in [6, 6.07) is 23.8. The van der Waals surface area contributed by atoms with Gasteiger partial charge in [0.25, 0.3) is 0 Å². The van der Waals surface area contributed by atoms with Crippen LogP contribution in [0.3, 0.4) is 0 Å². The van der Waals surface area contributed by atoms with Crippen LogP contribution < -0.4 is 15.9 Å². The zero-order chi connectivity index (χ0) is 21.6. The lowest BCUT2D eigenvalue weighted by atomic mass is 10.2. The maximum atomic E-state index is 12.4. The van der Waals surface area contributed by atoms with Crippen molar-refractivity contribution in [1.82, 2.24) is 14.9 Å². The third-order valence-corrected chi connectivity index (χ3v) is 5.39. The van der Waals surface area contributed by atoms with E-state index in [4.69, 9.17) is 22.2 Å². The number of aromatic nitrogens is 3. The van der Waals surface area contributed by atoms with Crippen molar-refractivity contribution in [3.63, 3.8) is 0 Å². The Kier molecular flexibility index (Phi) is 6.40. The monoisotopic (exact) mass is 451 g/mol. The van der Waals surface area contributed by atoms with Gasteiger partial charge in [-0.2, -0.15) is 0 Å². The number of amides is 1. The van der Waals surface area contributed by atoms with E-state index in [1.54, 1.807) is 36.4 Å². The number of carbonyl (C=O) groups excluding carboxylic acids is 1. The lowest BCUT2D eigenvalue weighted by molar-refractivity contribution is -0.113. The molecule has 0 saturated heterocycles. The smallest absolute Gasteiger partial charge is 0.234 e. The molecule has 1 amide bonds. The summed E-state index contributed by atoms with van der Waals surface area (Å²) in [7, 11) is 0. The maximum Gasteiger partial charge on any atom is 0.234 e. The van der Waals surface area contributed by atoms with Crippen LogP contribution in [0.15, 0.2) is 84.0 Å². The van der Waals surface area contributed by atoms with E-state index < -0.39 is 0 Å². The Bertz CT molecular complexity index is 1180. The van der Waals surface area contributed by atoms with Gasteiger partial charge in [0.2, 0.25) is 11.1 Å². The molecule has 0 fully saturated rings. The normalized spacial score (nSPS) is 10.6. The number of anilines is 1. The largest absolute Gasteiger partial charge is 0.457 e. The Morgan fingerprint density at radius 1 is 1.00 bits per heavy atom. The summed E-state index contributed by atoms with van der Waals surface area (Å²) in [4.78, 5) is 12.4. The fraction of sp³-hybridized carbons (Fsp3) is 0.0455. The molecule has 0 spiro atoms. The van der Waals surface area contributed by atoms with Crippen LogP contribution in [0, 0.1) is 0 Å². The quantitative estimate of drug-likeness (QED) is 0.308. The molecule has 1 aromatic heterocycles. The van der Waals surface area contributed by atoms with Gasteiger partial charge in [-0.15, -0.1) is 10.2 Å². The molecule has 0 radical (unpaired) electrons. The molecule has 0 saturated carbocycles. The van der Waals surface area contributed by atoms with E-state index in [-0.39, 0.29) is 11.7 Å². The summed E-state index contributed by atoms with van der Waals surface area (Å²) < 4.78 is 7.15. The number of nitrogens with two attached hydrogens (primary N) is 1. The minimum atomic E-state index is -0.196. The van der Waals surface area contributed by atoms with Gasteiger partial charge in [-0.05, 0) is 48.5 Å². The molecule has 9 heteroatoms. The lowest BCUT2D eigenvalue weighted by Gasteiger charge is -2.09. The molecule has 4 rings (SSSR count). The molecule has 156 valence electrons. The van der Waals surface area contributed by atoms with Crippen LogP contribution in [0.25, 0.3) is 11.4 Å². The number of hydrogen-bond acceptors (Lipinski definition) is 6. The van der Waals surface area contributed by atoms with Gasteiger partial charge in [-0.3, -0.25) is 4.79 Å². The third-order valence-electron chi connectivity index (χ3n) is 4.20. The molecule has 0 aliphatic rings. The molecule has 0 aliphatic heterocycles. The van der Waals surface area contributed by atoms with E-state index in [1.807, 2.05) is 42.5 Å². The first-order valence-electron chi connectivity index (χ1n) is 9.30. The number of carbonyl (C=O) groups is 1. The van der Waals surface area contributed by atoms with Crippen LogP contribution in [0.2, 0.25) is 5.02 Å². The van der Waals surface area contributed by atoms with Crippen molar-refractivity contribution in [3.8, 4) is 22.9 Å². The van der Waals surface area contributed by atoms with Gasteiger partial charge >= 0.3 is 0 Å². The Hall–Kier alpha value is -3.49. The van der Waals surface area contributed by atoms with Gasteiger partial charge < -0.3 is 15.9 Å². The number of benzene rings is 3. The van der Waals surface area contributed by atoms with Crippen molar-refractivity contribution in [2.75, 3.05) is 16.9 Å². The first kappa shape index (κ1) is 20.8. The number of thioether (sulfide) groups is 1. The van der Waals surface area contributed by atoms with Gasteiger partial charge in [0.05, 0.1) is 5.75 Å². The van der Waals surface area contributed by atoms with Crippen molar-refractivity contribution in [2.24, 2.45) is 0 Å². The Labute approximate surface area is 188 Å². The van der Waals surface area contributed by atoms with Crippen LogP contribution >= 0.6 is 23.4 Å². The van der Waals surface area contributed by atoms with Gasteiger partial charge in [0.1, 0.15) is 11.5 Å². The second-order valence-electron chi connectivity index (χ2n) is 6.46. The van der Waals surface area contributed by atoms with E-state index in [1.165, 1.54) is 16.4 Å². The van der Waals surface area contributed by atoms with Crippen LogP contribution in [0.1, 0.15) is 0 Å². The second-order valence-corrected chi connectivity index (χ2v) is 7.84. The molecule has 1 heterocycles. The third kappa shape index (κ3) is 5.36. The highest BCUT2D eigenvalue weighted by Gasteiger charge is 2.14. The summed E-state index contributed by atoms with van der Waals surface area (Å²) in [6.45, 7) is 0. The average molecular weight is 452 g/mol. The van der Waals surface area contributed by atoms with Crippen LogP contribution in [-0.2, 0) is 4.79 Å². The highest BCUT2D eigenvalue weighted by Crippen LogP contribution is 2.25. The maximum absolute atomic E-state index is 12.4. The van der Waals surface area contributed by atoms with E-state index >= 15 is 0 Å². The molecular weight excluding hydrogens is 434 g/mol. The molecule has 0 atom stereocenters. The van der Waals surface area contributed by atoms with Crippen LogP contribution in [0.5, 0.6) is 11.5 Å². The van der Waals surface area contributed by atoms with Gasteiger partial charge in [-0.25, -0.2) is 4.68 Å². The number of halogens is 1. The Morgan fingerprint density at radius 2 is 1.74 bits per heavy atom. The Morgan fingerprint density at radius 3 is 2.52 bits per heavy atom. The summed E-state index contributed by atoms with van der Waals surface area (Å²) in [5, 5.41) is 12.1. The molecule has 31 heavy (non-hydrogen) atoms. The fourth-order valence-electron chi connectivity index (χ4n) is 2.76. The number of hydrogen-bond donors (Lipinski definition) is 2. The highest BCUT2D eigenvalue weighted by molar-refractivity contribution is 7.99. The van der Waals surface area contributed by atoms with Gasteiger partial charge in [0.15, 0.2) is 5.82 Å². The predicted octanol–water partition coefficient (Wildman–Crippen LogP) is 4.84.